The van der Waals surface area contributed by atoms with Crippen LogP contribution in [0.15, 0.2) is 24.3 Å². The highest BCUT2D eigenvalue weighted by Gasteiger charge is 2.22. The number of carboxylic acid groups (broad SMARTS) is 1. The van der Waals surface area contributed by atoms with Crippen molar-refractivity contribution in [3.05, 3.63) is 52.5 Å². The summed E-state index contributed by atoms with van der Waals surface area (Å²) in [4.78, 5) is 15.9. The lowest BCUT2D eigenvalue weighted by Gasteiger charge is -2.12. The van der Waals surface area contributed by atoms with Crippen LogP contribution in [-0.4, -0.2) is 30.8 Å². The quantitative estimate of drug-likeness (QED) is 0.761. The van der Waals surface area contributed by atoms with Crippen molar-refractivity contribution in [3.8, 4) is 11.1 Å². The van der Waals surface area contributed by atoms with Crippen molar-refractivity contribution >= 4 is 11.6 Å². The third kappa shape index (κ3) is 2.78. The molecule has 0 aliphatic heterocycles. The molecule has 0 unspecified atom stereocenters. The van der Waals surface area contributed by atoms with Crippen LogP contribution >= 0.6 is 0 Å². The number of hydrogen-bond donors (Lipinski definition) is 2. The van der Waals surface area contributed by atoms with E-state index in [4.69, 9.17) is 0 Å². The summed E-state index contributed by atoms with van der Waals surface area (Å²) in [6.07, 6.45) is 0. The average molecular weight is 339 g/mol. The molecule has 6 heteroatoms. The summed E-state index contributed by atoms with van der Waals surface area (Å²) >= 11 is 0. The average Bonchev–Trinajstić information content (AvgIpc) is 2.89. The second kappa shape index (κ2) is 6.29. The summed E-state index contributed by atoms with van der Waals surface area (Å²) in [7, 11) is 0. The molecule has 0 amide bonds. The Hall–Kier alpha value is -2.73. The van der Waals surface area contributed by atoms with Crippen molar-refractivity contribution < 1.29 is 15.0 Å². The first-order valence-electron chi connectivity index (χ1n) is 8.18. The van der Waals surface area contributed by atoms with E-state index < -0.39 is 5.97 Å². The summed E-state index contributed by atoms with van der Waals surface area (Å²) < 4.78 is 1.72. The molecule has 0 aliphatic rings. The molecule has 6 nitrogen and oxygen atoms in total. The minimum Gasteiger partial charge on any atom is -0.477 e. The van der Waals surface area contributed by atoms with E-state index in [0.29, 0.717) is 5.65 Å². The van der Waals surface area contributed by atoms with Gasteiger partial charge in [-0.3, -0.25) is 0 Å². The predicted octanol–water partition coefficient (Wildman–Crippen LogP) is 3.33. The van der Waals surface area contributed by atoms with Gasteiger partial charge in [-0.2, -0.15) is 5.10 Å². The first kappa shape index (κ1) is 17.1. The van der Waals surface area contributed by atoms with Gasteiger partial charge < -0.3 is 10.2 Å². The molecule has 2 heterocycles. The summed E-state index contributed by atoms with van der Waals surface area (Å²) in [5.74, 6) is -0.980. The first-order valence-corrected chi connectivity index (χ1v) is 8.18. The fourth-order valence-electron chi connectivity index (χ4n) is 3.18. The molecular weight excluding hydrogens is 318 g/mol. The number of benzene rings is 1. The maximum Gasteiger partial charge on any atom is 0.354 e. The van der Waals surface area contributed by atoms with Gasteiger partial charge in [-0.15, -0.1) is 0 Å². The van der Waals surface area contributed by atoms with Crippen molar-refractivity contribution in [1.29, 1.82) is 0 Å². The largest absolute Gasteiger partial charge is 0.477 e. The highest BCUT2D eigenvalue weighted by molar-refractivity contribution is 5.89. The van der Waals surface area contributed by atoms with Crippen molar-refractivity contribution in [2.75, 3.05) is 0 Å². The number of rotatable bonds is 4. The van der Waals surface area contributed by atoms with Crippen LogP contribution in [0.1, 0.15) is 52.8 Å². The number of carboxylic acids is 1. The minimum atomic E-state index is -1.07. The van der Waals surface area contributed by atoms with Gasteiger partial charge in [-0.25, -0.2) is 14.3 Å². The predicted molar refractivity (Wildman–Crippen MR) is 94.9 cm³/mol. The van der Waals surface area contributed by atoms with E-state index in [1.807, 2.05) is 45.9 Å². The number of hydrogen-bond acceptors (Lipinski definition) is 4. The van der Waals surface area contributed by atoms with E-state index in [9.17, 15) is 15.0 Å². The van der Waals surface area contributed by atoms with Crippen molar-refractivity contribution in [1.82, 2.24) is 14.6 Å². The Bertz CT molecular complexity index is 974. The van der Waals surface area contributed by atoms with E-state index in [1.54, 1.807) is 10.6 Å². The zero-order chi connectivity index (χ0) is 18.3. The van der Waals surface area contributed by atoms with E-state index in [0.717, 1.165) is 33.6 Å². The molecule has 0 atom stereocenters. The van der Waals surface area contributed by atoms with E-state index in [1.165, 1.54) is 0 Å². The fourth-order valence-corrected chi connectivity index (χ4v) is 3.18. The van der Waals surface area contributed by atoms with Crippen molar-refractivity contribution in [2.24, 2.45) is 0 Å². The summed E-state index contributed by atoms with van der Waals surface area (Å²) in [5.41, 5.74) is 5.43. The Morgan fingerprint density at radius 3 is 2.56 bits per heavy atom. The SMILES string of the molecule is Cc1cccc(CO)c1-c1c(C)nn2c(C(C)C)cc(C(=O)O)nc12. The molecule has 0 bridgehead atoms. The number of aliphatic hydroxyl groups is 1. The summed E-state index contributed by atoms with van der Waals surface area (Å²) in [5, 5.41) is 23.8. The van der Waals surface area contributed by atoms with Crippen LogP contribution in [0.25, 0.3) is 16.8 Å². The first-order chi connectivity index (χ1) is 11.8. The number of aromatic nitrogens is 3. The molecule has 1 aromatic carbocycles. The van der Waals surface area contributed by atoms with Crippen LogP contribution in [0.3, 0.4) is 0 Å². The van der Waals surface area contributed by atoms with Gasteiger partial charge in [0.15, 0.2) is 11.3 Å². The monoisotopic (exact) mass is 339 g/mol. The third-order valence-electron chi connectivity index (χ3n) is 4.38. The number of aliphatic hydroxyl groups excluding tert-OH is 1. The summed E-state index contributed by atoms with van der Waals surface area (Å²) in [6.45, 7) is 7.71. The molecule has 3 rings (SSSR count). The Balaban J connectivity index is 2.45. The van der Waals surface area contributed by atoms with Crippen molar-refractivity contribution in [2.45, 2.75) is 40.2 Å². The third-order valence-corrected chi connectivity index (χ3v) is 4.38. The van der Waals surface area contributed by atoms with Crippen LogP contribution in [-0.2, 0) is 6.61 Å². The van der Waals surface area contributed by atoms with Gasteiger partial charge in [0.1, 0.15) is 0 Å². The zero-order valence-electron chi connectivity index (χ0n) is 14.7. The number of aromatic carboxylic acids is 1. The number of nitrogens with zero attached hydrogens (tertiary/aromatic N) is 3. The van der Waals surface area contributed by atoms with Crippen LogP contribution in [0.2, 0.25) is 0 Å². The molecule has 25 heavy (non-hydrogen) atoms. The van der Waals surface area contributed by atoms with Gasteiger partial charge in [0.25, 0.3) is 0 Å². The zero-order valence-corrected chi connectivity index (χ0v) is 14.7. The second-order valence-corrected chi connectivity index (χ2v) is 6.49. The van der Waals surface area contributed by atoms with Gasteiger partial charge in [0.05, 0.1) is 17.9 Å². The Labute approximate surface area is 145 Å². The van der Waals surface area contributed by atoms with Crippen LogP contribution in [0, 0.1) is 13.8 Å². The van der Waals surface area contributed by atoms with E-state index in [-0.39, 0.29) is 18.2 Å². The molecule has 3 aromatic rings. The lowest BCUT2D eigenvalue weighted by Crippen LogP contribution is -2.09. The Morgan fingerprint density at radius 2 is 1.96 bits per heavy atom. The molecule has 0 saturated heterocycles. The minimum absolute atomic E-state index is 0.00326. The molecule has 0 aliphatic carbocycles. The highest BCUT2D eigenvalue weighted by atomic mass is 16.4. The standard InChI is InChI=1S/C19H21N3O3/c1-10(2)15-8-14(19(24)25)20-18-17(12(4)21-22(15)18)16-11(3)6-5-7-13(16)9-23/h5-8,10,23H,9H2,1-4H3,(H,24,25). The van der Waals surface area contributed by atoms with Gasteiger partial charge in [0.2, 0.25) is 0 Å². The number of fused-ring (bicyclic) bond motifs is 1. The van der Waals surface area contributed by atoms with E-state index >= 15 is 0 Å². The molecule has 2 N–H and O–H groups in total. The Kier molecular flexibility index (Phi) is 4.30. The fraction of sp³-hybridized carbons (Fsp3) is 0.316. The molecule has 0 saturated carbocycles. The van der Waals surface area contributed by atoms with Gasteiger partial charge in [-0.1, -0.05) is 32.0 Å². The number of carbonyl (C=O) groups is 1. The lowest BCUT2D eigenvalue weighted by molar-refractivity contribution is 0.0690. The van der Waals surface area contributed by atoms with Crippen LogP contribution < -0.4 is 0 Å². The smallest absolute Gasteiger partial charge is 0.354 e. The highest BCUT2D eigenvalue weighted by Crippen LogP contribution is 2.34. The van der Waals surface area contributed by atoms with Crippen LogP contribution in [0.5, 0.6) is 0 Å². The molecule has 0 radical (unpaired) electrons. The molecular formula is C19H21N3O3. The van der Waals surface area contributed by atoms with Crippen LogP contribution in [0.4, 0.5) is 0 Å². The lowest BCUT2D eigenvalue weighted by atomic mass is 9.95. The molecule has 2 aromatic heterocycles. The Morgan fingerprint density at radius 1 is 1.24 bits per heavy atom. The maximum absolute atomic E-state index is 11.5. The topological polar surface area (TPSA) is 87.7 Å². The molecule has 0 spiro atoms. The van der Waals surface area contributed by atoms with Gasteiger partial charge in [0, 0.05) is 5.69 Å². The number of aryl methyl sites for hydroxylation is 2. The van der Waals surface area contributed by atoms with Crippen molar-refractivity contribution in [3.63, 3.8) is 0 Å². The van der Waals surface area contributed by atoms with Gasteiger partial charge >= 0.3 is 5.97 Å². The van der Waals surface area contributed by atoms with E-state index in [2.05, 4.69) is 10.1 Å². The second-order valence-electron chi connectivity index (χ2n) is 6.49. The van der Waals surface area contributed by atoms with Gasteiger partial charge in [-0.05, 0) is 42.5 Å². The molecule has 0 fully saturated rings. The molecule has 130 valence electrons. The summed E-state index contributed by atoms with van der Waals surface area (Å²) in [6, 6.07) is 7.28. The maximum atomic E-state index is 11.5. The normalized spacial score (nSPS) is 11.4.